The van der Waals surface area contributed by atoms with Gasteiger partial charge in [-0.2, -0.15) is 5.10 Å². The molecule has 0 spiro atoms. The Kier molecular flexibility index (Phi) is 5.57. The number of anilines is 2. The second-order valence-corrected chi connectivity index (χ2v) is 9.12. The molecule has 0 saturated carbocycles. The number of nitrogens with one attached hydrogen (secondary N) is 1. The smallest absolute Gasteiger partial charge is 0.255 e. The number of carbonyl (C=O) groups is 1. The molecule has 1 aliphatic carbocycles. The molecule has 1 amide bonds. The summed E-state index contributed by atoms with van der Waals surface area (Å²) in [6, 6.07) is 3.83. The Labute approximate surface area is 192 Å². The minimum absolute atomic E-state index is 0.235. The molecular formula is C22H22F2N6O2S. The molecule has 1 atom stereocenters. The second kappa shape index (κ2) is 8.54. The molecule has 11 heteroatoms. The summed E-state index contributed by atoms with van der Waals surface area (Å²) < 4.78 is 32.7. The van der Waals surface area contributed by atoms with E-state index in [1.165, 1.54) is 24.7 Å². The number of hydrogen-bond acceptors (Lipinski definition) is 7. The molecule has 0 saturated heterocycles. The summed E-state index contributed by atoms with van der Waals surface area (Å²) >= 11 is 1.53. The van der Waals surface area contributed by atoms with E-state index in [2.05, 4.69) is 20.4 Å². The summed E-state index contributed by atoms with van der Waals surface area (Å²) in [7, 11) is 3.03. The van der Waals surface area contributed by atoms with E-state index in [-0.39, 0.29) is 11.8 Å². The number of thiophene rings is 1. The highest BCUT2D eigenvalue weighted by Crippen LogP contribution is 2.41. The molecule has 0 aliphatic heterocycles. The highest BCUT2D eigenvalue weighted by molar-refractivity contribution is 7.19. The molecule has 5 rings (SSSR count). The summed E-state index contributed by atoms with van der Waals surface area (Å²) in [6.07, 6.45) is 4.27. The third-order valence-electron chi connectivity index (χ3n) is 5.95. The minimum Gasteiger partial charge on any atom is -0.493 e. The van der Waals surface area contributed by atoms with Crippen molar-refractivity contribution >= 4 is 44.5 Å². The van der Waals surface area contributed by atoms with Gasteiger partial charge in [-0.3, -0.25) is 4.79 Å². The van der Waals surface area contributed by atoms with Crippen molar-refractivity contribution in [1.29, 1.82) is 0 Å². The lowest BCUT2D eigenvalue weighted by Gasteiger charge is -2.26. The van der Waals surface area contributed by atoms with Crippen molar-refractivity contribution in [3.63, 3.8) is 0 Å². The first kappa shape index (κ1) is 21.5. The van der Waals surface area contributed by atoms with Crippen molar-refractivity contribution in [3.8, 4) is 5.75 Å². The minimum atomic E-state index is -2.54. The van der Waals surface area contributed by atoms with Crippen molar-refractivity contribution in [1.82, 2.24) is 24.5 Å². The van der Waals surface area contributed by atoms with Gasteiger partial charge in [0.25, 0.3) is 6.43 Å². The number of ether oxygens (including phenoxy) is 1. The van der Waals surface area contributed by atoms with Crippen LogP contribution in [-0.4, -0.2) is 57.5 Å². The van der Waals surface area contributed by atoms with E-state index < -0.39 is 13.0 Å². The predicted octanol–water partition coefficient (Wildman–Crippen LogP) is 3.92. The number of rotatable bonds is 6. The van der Waals surface area contributed by atoms with Crippen LogP contribution < -0.4 is 10.1 Å². The zero-order valence-corrected chi connectivity index (χ0v) is 18.9. The lowest BCUT2D eigenvalue weighted by molar-refractivity contribution is -0.136. The molecule has 1 aliphatic rings. The average Bonchev–Trinajstić information content (AvgIpc) is 3.41. The molecule has 0 fully saturated rings. The topological polar surface area (TPSA) is 84.6 Å². The van der Waals surface area contributed by atoms with Crippen molar-refractivity contribution in [2.75, 3.05) is 26.0 Å². The van der Waals surface area contributed by atoms with Gasteiger partial charge in [0.1, 0.15) is 17.0 Å². The van der Waals surface area contributed by atoms with Gasteiger partial charge < -0.3 is 15.0 Å². The molecular weight excluding hydrogens is 450 g/mol. The van der Waals surface area contributed by atoms with E-state index in [0.717, 1.165) is 36.8 Å². The van der Waals surface area contributed by atoms with Gasteiger partial charge in [0.05, 0.1) is 36.4 Å². The van der Waals surface area contributed by atoms with Gasteiger partial charge in [0.2, 0.25) is 5.91 Å². The fraction of sp³-hybridized carbons (Fsp3) is 0.364. The third kappa shape index (κ3) is 3.97. The first-order chi connectivity index (χ1) is 15.9. The number of halogens is 2. The van der Waals surface area contributed by atoms with Crippen LogP contribution in [0.15, 0.2) is 30.9 Å². The largest absolute Gasteiger partial charge is 0.493 e. The monoisotopic (exact) mass is 472 g/mol. The number of fused-ring (bicyclic) bond motifs is 4. The zero-order chi connectivity index (χ0) is 23.1. The zero-order valence-electron chi connectivity index (χ0n) is 18.1. The molecule has 0 aromatic carbocycles. The van der Waals surface area contributed by atoms with Crippen LogP contribution in [0.5, 0.6) is 5.75 Å². The van der Waals surface area contributed by atoms with E-state index in [9.17, 15) is 13.6 Å². The fourth-order valence-electron chi connectivity index (χ4n) is 4.36. The molecule has 4 aromatic rings. The molecule has 0 radical (unpaired) electrons. The SMILES string of the molecule is COc1cn2nccc2cc1Nc1ncnc2sc3c(c12)CCC(C(=O)N(C)CC(F)F)C3. The number of nitrogens with zero attached hydrogens (tertiary/aromatic N) is 5. The Morgan fingerprint density at radius 2 is 2.27 bits per heavy atom. The maximum absolute atomic E-state index is 12.7. The molecule has 4 heterocycles. The third-order valence-corrected chi connectivity index (χ3v) is 7.12. The summed E-state index contributed by atoms with van der Waals surface area (Å²) in [5.74, 6) is 0.749. The number of methoxy groups -OCH3 is 1. The van der Waals surface area contributed by atoms with Crippen molar-refractivity contribution in [2.24, 2.45) is 5.92 Å². The number of carbonyl (C=O) groups excluding carboxylic acids is 1. The van der Waals surface area contributed by atoms with Gasteiger partial charge in [-0.25, -0.2) is 23.3 Å². The van der Waals surface area contributed by atoms with Crippen LogP contribution in [0.1, 0.15) is 16.9 Å². The van der Waals surface area contributed by atoms with Crippen LogP contribution in [-0.2, 0) is 17.6 Å². The van der Waals surface area contributed by atoms with E-state index >= 15 is 0 Å². The molecule has 4 aromatic heterocycles. The summed E-state index contributed by atoms with van der Waals surface area (Å²) in [5.41, 5.74) is 2.77. The number of aromatic nitrogens is 4. The number of aryl methyl sites for hydroxylation is 1. The number of alkyl halides is 2. The Bertz CT molecular complexity index is 1340. The van der Waals surface area contributed by atoms with Crippen molar-refractivity contribution in [2.45, 2.75) is 25.7 Å². The van der Waals surface area contributed by atoms with Crippen LogP contribution in [0.4, 0.5) is 20.3 Å². The van der Waals surface area contributed by atoms with Gasteiger partial charge in [-0.1, -0.05) is 0 Å². The van der Waals surface area contributed by atoms with E-state index in [4.69, 9.17) is 4.74 Å². The first-order valence-corrected chi connectivity index (χ1v) is 11.3. The Morgan fingerprint density at radius 1 is 1.42 bits per heavy atom. The van der Waals surface area contributed by atoms with E-state index in [1.54, 1.807) is 24.0 Å². The summed E-state index contributed by atoms with van der Waals surface area (Å²) in [6.45, 7) is -0.544. The Morgan fingerprint density at radius 3 is 3.06 bits per heavy atom. The number of pyridine rings is 1. The van der Waals surface area contributed by atoms with E-state index in [0.29, 0.717) is 30.8 Å². The average molecular weight is 473 g/mol. The van der Waals surface area contributed by atoms with E-state index in [1.807, 2.05) is 12.1 Å². The normalized spacial score (nSPS) is 15.7. The molecule has 33 heavy (non-hydrogen) atoms. The Balaban J connectivity index is 1.47. The second-order valence-electron chi connectivity index (χ2n) is 8.04. The van der Waals surface area contributed by atoms with Crippen molar-refractivity contribution < 1.29 is 18.3 Å². The predicted molar refractivity (Wildman–Crippen MR) is 122 cm³/mol. The van der Waals surface area contributed by atoms with Crippen LogP contribution in [0.3, 0.4) is 0 Å². The number of amides is 1. The standard InChI is InChI=1S/C22H22F2N6O2S/c1-29(10-18(23)24)22(31)12-3-4-14-17(7-12)33-21-19(14)20(25-11-26-21)28-15-8-13-5-6-27-30(13)9-16(15)32-2/h5-6,8-9,11-12,18H,3-4,7,10H2,1-2H3,(H,25,26,28). The molecule has 8 nitrogen and oxygen atoms in total. The molecule has 0 bridgehead atoms. The van der Waals surface area contributed by atoms with Crippen LogP contribution in [0.25, 0.3) is 15.7 Å². The lowest BCUT2D eigenvalue weighted by Crippen LogP contribution is -2.38. The van der Waals surface area contributed by atoms with Crippen LogP contribution in [0.2, 0.25) is 0 Å². The van der Waals surface area contributed by atoms with Gasteiger partial charge in [0.15, 0.2) is 5.75 Å². The highest BCUT2D eigenvalue weighted by atomic mass is 32.1. The molecule has 1 N–H and O–H groups in total. The van der Waals surface area contributed by atoms with Gasteiger partial charge >= 0.3 is 0 Å². The van der Waals surface area contributed by atoms with Crippen molar-refractivity contribution in [3.05, 3.63) is 41.3 Å². The van der Waals surface area contributed by atoms with Gasteiger partial charge in [-0.15, -0.1) is 11.3 Å². The quantitative estimate of drug-likeness (QED) is 0.458. The first-order valence-electron chi connectivity index (χ1n) is 10.5. The Hall–Kier alpha value is -3.34. The summed E-state index contributed by atoms with van der Waals surface area (Å²) in [4.78, 5) is 24.6. The fourth-order valence-corrected chi connectivity index (χ4v) is 5.63. The van der Waals surface area contributed by atoms with Gasteiger partial charge in [-0.05, 0) is 37.0 Å². The maximum Gasteiger partial charge on any atom is 0.255 e. The van der Waals surface area contributed by atoms with Gasteiger partial charge in [0, 0.05) is 24.0 Å². The molecule has 172 valence electrons. The van der Waals surface area contributed by atoms with Crippen LogP contribution >= 0.6 is 11.3 Å². The molecule has 1 unspecified atom stereocenters. The maximum atomic E-state index is 12.7. The number of hydrogen-bond donors (Lipinski definition) is 1. The lowest BCUT2D eigenvalue weighted by atomic mass is 9.87. The van der Waals surface area contributed by atoms with Crippen LogP contribution in [0, 0.1) is 5.92 Å². The highest BCUT2D eigenvalue weighted by Gasteiger charge is 2.31. The summed E-state index contributed by atoms with van der Waals surface area (Å²) in [5, 5.41) is 8.56.